The lowest BCUT2D eigenvalue weighted by Gasteiger charge is -2.31. The van der Waals surface area contributed by atoms with Crippen LogP contribution in [-0.4, -0.2) is 47.5 Å². The topological polar surface area (TPSA) is 19.4 Å². The molecule has 1 saturated heterocycles. The summed E-state index contributed by atoms with van der Waals surface area (Å²) >= 11 is 1.79. The lowest BCUT2D eigenvalue weighted by Crippen LogP contribution is -2.43. The minimum absolute atomic E-state index is 0.585. The van der Waals surface area contributed by atoms with Gasteiger partial charge in [-0.25, -0.2) is 0 Å². The Morgan fingerprint density at radius 3 is 2.71 bits per heavy atom. The van der Waals surface area contributed by atoms with Gasteiger partial charge in [0.25, 0.3) is 0 Å². The number of hydrogen-bond donors (Lipinski definition) is 0. The SMILES string of the molecule is CN(C)[C@@H]1CCN(Cc2ccsc2)[C@H]1Cc1ccncc1. The molecule has 0 saturated carbocycles. The zero-order valence-electron chi connectivity index (χ0n) is 12.8. The van der Waals surface area contributed by atoms with Crippen molar-refractivity contribution in [2.24, 2.45) is 0 Å². The van der Waals surface area contributed by atoms with E-state index < -0.39 is 0 Å². The van der Waals surface area contributed by atoms with Gasteiger partial charge in [-0.1, -0.05) is 0 Å². The molecule has 1 fully saturated rings. The molecule has 0 aliphatic carbocycles. The lowest BCUT2D eigenvalue weighted by molar-refractivity contribution is 0.178. The lowest BCUT2D eigenvalue weighted by atomic mass is 10.00. The summed E-state index contributed by atoms with van der Waals surface area (Å²) < 4.78 is 0. The van der Waals surface area contributed by atoms with Gasteiger partial charge in [0.15, 0.2) is 0 Å². The fourth-order valence-electron chi connectivity index (χ4n) is 3.34. The van der Waals surface area contributed by atoms with Crippen molar-refractivity contribution in [3.63, 3.8) is 0 Å². The molecule has 21 heavy (non-hydrogen) atoms. The fraction of sp³-hybridized carbons (Fsp3) is 0.471. The first-order valence-electron chi connectivity index (χ1n) is 7.54. The highest BCUT2D eigenvalue weighted by molar-refractivity contribution is 7.07. The van der Waals surface area contributed by atoms with Gasteiger partial charge in [-0.2, -0.15) is 11.3 Å². The van der Waals surface area contributed by atoms with E-state index in [1.165, 1.54) is 24.1 Å². The Hall–Kier alpha value is -1.23. The maximum atomic E-state index is 4.13. The van der Waals surface area contributed by atoms with E-state index in [1.54, 1.807) is 11.3 Å². The van der Waals surface area contributed by atoms with E-state index in [0.717, 1.165) is 13.0 Å². The smallest absolute Gasteiger partial charge is 0.0295 e. The van der Waals surface area contributed by atoms with Crippen LogP contribution in [0.4, 0.5) is 0 Å². The standard InChI is InChI=1S/C17H23N3S/c1-19(2)16-5-9-20(12-15-6-10-21-13-15)17(16)11-14-3-7-18-8-4-14/h3-4,6-8,10,13,16-17H,5,9,11-12H2,1-2H3/t16-,17+/m1/s1. The minimum Gasteiger partial charge on any atom is -0.305 e. The molecule has 0 N–H and O–H groups in total. The molecule has 0 radical (unpaired) electrons. The Morgan fingerprint density at radius 1 is 1.24 bits per heavy atom. The van der Waals surface area contributed by atoms with Crippen LogP contribution in [0.2, 0.25) is 0 Å². The molecular formula is C17H23N3S. The second kappa shape index (κ2) is 6.69. The van der Waals surface area contributed by atoms with Crippen molar-refractivity contribution in [1.29, 1.82) is 0 Å². The van der Waals surface area contributed by atoms with Gasteiger partial charge in [-0.05, 0) is 67.0 Å². The molecule has 0 amide bonds. The van der Waals surface area contributed by atoms with Crippen molar-refractivity contribution in [2.45, 2.75) is 31.5 Å². The molecule has 112 valence electrons. The van der Waals surface area contributed by atoms with Gasteiger partial charge in [0.05, 0.1) is 0 Å². The Morgan fingerprint density at radius 2 is 2.05 bits per heavy atom. The van der Waals surface area contributed by atoms with Crippen molar-refractivity contribution >= 4 is 11.3 Å². The van der Waals surface area contributed by atoms with Gasteiger partial charge in [0, 0.05) is 37.6 Å². The monoisotopic (exact) mass is 301 g/mol. The first-order chi connectivity index (χ1) is 10.2. The highest BCUT2D eigenvalue weighted by Gasteiger charge is 2.35. The Kier molecular flexibility index (Phi) is 4.68. The summed E-state index contributed by atoms with van der Waals surface area (Å²) in [5.74, 6) is 0. The van der Waals surface area contributed by atoms with E-state index in [4.69, 9.17) is 0 Å². The number of thiophene rings is 1. The van der Waals surface area contributed by atoms with Crippen LogP contribution in [0.3, 0.4) is 0 Å². The van der Waals surface area contributed by atoms with Crippen LogP contribution >= 0.6 is 11.3 Å². The number of likely N-dealkylation sites (tertiary alicyclic amines) is 1. The maximum absolute atomic E-state index is 4.13. The van der Waals surface area contributed by atoms with Crippen molar-refractivity contribution in [1.82, 2.24) is 14.8 Å². The van der Waals surface area contributed by atoms with Crippen LogP contribution in [0.15, 0.2) is 41.4 Å². The molecule has 0 unspecified atom stereocenters. The van der Waals surface area contributed by atoms with Crippen molar-refractivity contribution < 1.29 is 0 Å². The van der Waals surface area contributed by atoms with Crippen LogP contribution in [0.5, 0.6) is 0 Å². The number of pyridine rings is 1. The molecule has 1 aliphatic rings. The van der Waals surface area contributed by atoms with Crippen LogP contribution < -0.4 is 0 Å². The fourth-order valence-corrected chi connectivity index (χ4v) is 4.00. The van der Waals surface area contributed by atoms with Gasteiger partial charge in [-0.3, -0.25) is 9.88 Å². The van der Waals surface area contributed by atoms with E-state index in [1.807, 2.05) is 12.4 Å². The zero-order chi connectivity index (χ0) is 14.7. The molecule has 0 aromatic carbocycles. The number of hydrogen-bond acceptors (Lipinski definition) is 4. The molecule has 0 spiro atoms. The molecule has 3 heterocycles. The highest BCUT2D eigenvalue weighted by Crippen LogP contribution is 2.26. The normalized spacial score (nSPS) is 23.0. The van der Waals surface area contributed by atoms with Gasteiger partial charge >= 0.3 is 0 Å². The highest BCUT2D eigenvalue weighted by atomic mass is 32.1. The van der Waals surface area contributed by atoms with Crippen molar-refractivity contribution in [3.8, 4) is 0 Å². The third-order valence-electron chi connectivity index (χ3n) is 4.45. The molecule has 2 aromatic heterocycles. The molecule has 3 nitrogen and oxygen atoms in total. The van der Waals surface area contributed by atoms with E-state index in [-0.39, 0.29) is 0 Å². The Balaban J connectivity index is 1.75. The number of rotatable bonds is 5. The summed E-state index contributed by atoms with van der Waals surface area (Å²) in [5, 5.41) is 4.44. The quantitative estimate of drug-likeness (QED) is 0.846. The average Bonchev–Trinajstić information content (AvgIpc) is 3.11. The van der Waals surface area contributed by atoms with Gasteiger partial charge in [-0.15, -0.1) is 0 Å². The molecule has 0 bridgehead atoms. The summed E-state index contributed by atoms with van der Waals surface area (Å²) in [6, 6.07) is 7.76. The van der Waals surface area contributed by atoms with Crippen LogP contribution in [0.1, 0.15) is 17.5 Å². The van der Waals surface area contributed by atoms with E-state index in [2.05, 4.69) is 57.8 Å². The van der Waals surface area contributed by atoms with Crippen molar-refractivity contribution in [3.05, 3.63) is 52.5 Å². The Bertz CT molecular complexity index is 538. The second-order valence-electron chi connectivity index (χ2n) is 6.05. The largest absolute Gasteiger partial charge is 0.305 e. The molecule has 3 rings (SSSR count). The third kappa shape index (κ3) is 3.51. The first kappa shape index (κ1) is 14.7. The summed E-state index contributed by atoms with van der Waals surface area (Å²) in [5.41, 5.74) is 2.83. The summed E-state index contributed by atoms with van der Waals surface area (Å²) in [6.45, 7) is 2.26. The number of nitrogens with zero attached hydrogens (tertiary/aromatic N) is 3. The van der Waals surface area contributed by atoms with Gasteiger partial charge in [0.1, 0.15) is 0 Å². The second-order valence-corrected chi connectivity index (χ2v) is 6.83. The molecule has 4 heteroatoms. The van der Waals surface area contributed by atoms with Crippen molar-refractivity contribution in [2.75, 3.05) is 20.6 Å². The van der Waals surface area contributed by atoms with Gasteiger partial charge < -0.3 is 4.90 Å². The summed E-state index contributed by atoms with van der Waals surface area (Å²) in [6.07, 6.45) is 6.17. The molecule has 1 aliphatic heterocycles. The number of aromatic nitrogens is 1. The molecule has 2 atom stereocenters. The molecule has 2 aromatic rings. The van der Waals surface area contributed by atoms with E-state index in [0.29, 0.717) is 12.1 Å². The minimum atomic E-state index is 0.585. The first-order valence-corrected chi connectivity index (χ1v) is 8.49. The maximum Gasteiger partial charge on any atom is 0.0295 e. The van der Waals surface area contributed by atoms with Crippen LogP contribution in [-0.2, 0) is 13.0 Å². The average molecular weight is 301 g/mol. The van der Waals surface area contributed by atoms with E-state index in [9.17, 15) is 0 Å². The Labute approximate surface area is 131 Å². The van der Waals surface area contributed by atoms with Gasteiger partial charge in [0.2, 0.25) is 0 Å². The third-order valence-corrected chi connectivity index (χ3v) is 5.18. The van der Waals surface area contributed by atoms with E-state index >= 15 is 0 Å². The predicted molar refractivity (Wildman–Crippen MR) is 88.6 cm³/mol. The summed E-state index contributed by atoms with van der Waals surface area (Å²) in [4.78, 5) is 9.17. The zero-order valence-corrected chi connectivity index (χ0v) is 13.6. The van der Waals surface area contributed by atoms with Crippen LogP contribution in [0.25, 0.3) is 0 Å². The number of likely N-dealkylation sites (N-methyl/N-ethyl adjacent to an activating group) is 1. The molecular weight excluding hydrogens is 278 g/mol. The summed E-state index contributed by atoms with van der Waals surface area (Å²) in [7, 11) is 4.41. The van der Waals surface area contributed by atoms with Crippen LogP contribution in [0, 0.1) is 0 Å². The predicted octanol–water partition coefficient (Wildman–Crippen LogP) is 2.89.